The molecule has 306 valence electrons. The van der Waals surface area contributed by atoms with Crippen LogP contribution >= 0.6 is 11.8 Å². The Morgan fingerprint density at radius 2 is 1.22 bits per heavy atom. The lowest BCUT2D eigenvalue weighted by Gasteiger charge is -2.35. The third-order valence-corrected chi connectivity index (χ3v) is 11.0. The van der Waals surface area contributed by atoms with Gasteiger partial charge in [0.05, 0.1) is 24.4 Å². The van der Waals surface area contributed by atoms with Crippen molar-refractivity contribution < 1.29 is 33.8 Å². The van der Waals surface area contributed by atoms with E-state index in [0.717, 1.165) is 28.0 Å². The molecule has 4 atom stereocenters. The minimum atomic E-state index is -1.10. The van der Waals surface area contributed by atoms with Crippen molar-refractivity contribution >= 4 is 41.4 Å². The van der Waals surface area contributed by atoms with E-state index < -0.39 is 58.6 Å². The highest BCUT2D eigenvalue weighted by Gasteiger charge is 2.36. The molecule has 0 fully saturated rings. The Bertz CT molecular complexity index is 1850. The van der Waals surface area contributed by atoms with E-state index in [4.69, 9.17) is 0 Å². The number of hydrogen-bond acceptors (Lipinski definition) is 8. The number of carbonyl (C=O) groups excluding carboxylic acids is 5. The molecule has 0 radical (unpaired) electrons. The quantitative estimate of drug-likeness (QED) is 0.0338. The highest BCUT2D eigenvalue weighted by molar-refractivity contribution is 8.00. The number of aliphatic hydroxyl groups is 1. The van der Waals surface area contributed by atoms with Gasteiger partial charge in [-0.1, -0.05) is 147 Å². The van der Waals surface area contributed by atoms with Crippen LogP contribution in [-0.2, 0) is 39.9 Å². The molecule has 4 aromatic carbocycles. The Kier molecular flexibility index (Phi) is 17.7. The summed E-state index contributed by atoms with van der Waals surface area (Å²) in [5.41, 5.74) is 4.23. The number of benzene rings is 4. The van der Waals surface area contributed by atoms with Crippen LogP contribution in [0.3, 0.4) is 0 Å². The number of carbonyl (C=O) groups is 5. The molecule has 4 unspecified atom stereocenters. The van der Waals surface area contributed by atoms with Gasteiger partial charge in [0.15, 0.2) is 0 Å². The van der Waals surface area contributed by atoms with E-state index in [9.17, 15) is 29.1 Å². The van der Waals surface area contributed by atoms with Gasteiger partial charge in [-0.25, -0.2) is 0 Å². The van der Waals surface area contributed by atoms with Gasteiger partial charge in [-0.2, -0.15) is 0 Å². The van der Waals surface area contributed by atoms with Gasteiger partial charge in [-0.15, -0.1) is 11.8 Å². The Morgan fingerprint density at radius 1 is 0.707 bits per heavy atom. The Labute approximate surface area is 345 Å². The second kappa shape index (κ2) is 22.9. The SMILES string of the molecule is COC(=O)CNC(=O)C(NC(=O)C(Cc1ccccc1)NC(=O)C(C)NC(=O)CC(O)C=CCCSC(c1ccccc1)(c1ccccc1)c1ccccc1)C(C)C. The Morgan fingerprint density at radius 3 is 1.72 bits per heavy atom. The average Bonchev–Trinajstić information content (AvgIpc) is 3.23. The second-order valence-electron chi connectivity index (χ2n) is 14.2. The van der Waals surface area contributed by atoms with Crippen LogP contribution in [0.25, 0.3) is 0 Å². The number of amides is 4. The van der Waals surface area contributed by atoms with Crippen LogP contribution in [-0.4, -0.2) is 78.3 Å². The van der Waals surface area contributed by atoms with Crippen molar-refractivity contribution in [3.63, 3.8) is 0 Å². The van der Waals surface area contributed by atoms with Crippen LogP contribution in [0.2, 0.25) is 0 Å². The number of thioether (sulfide) groups is 1. The maximum Gasteiger partial charge on any atom is 0.325 e. The summed E-state index contributed by atoms with van der Waals surface area (Å²) in [6, 6.07) is 37.1. The zero-order valence-corrected chi connectivity index (χ0v) is 34.2. The van der Waals surface area contributed by atoms with Gasteiger partial charge < -0.3 is 31.1 Å². The predicted molar refractivity (Wildman–Crippen MR) is 228 cm³/mol. The van der Waals surface area contributed by atoms with Gasteiger partial charge in [0.1, 0.15) is 24.7 Å². The number of hydrogen-bond donors (Lipinski definition) is 5. The van der Waals surface area contributed by atoms with Gasteiger partial charge in [-0.05, 0) is 47.3 Å². The summed E-state index contributed by atoms with van der Waals surface area (Å²) in [5, 5.41) is 21.2. The molecular formula is C46H54N4O7S. The zero-order valence-electron chi connectivity index (χ0n) is 33.4. The van der Waals surface area contributed by atoms with Gasteiger partial charge in [0.2, 0.25) is 23.6 Å². The van der Waals surface area contributed by atoms with Crippen molar-refractivity contribution in [3.05, 3.63) is 156 Å². The van der Waals surface area contributed by atoms with Gasteiger partial charge in [0, 0.05) is 6.42 Å². The van der Waals surface area contributed by atoms with Crippen molar-refractivity contribution in [1.82, 2.24) is 21.3 Å². The fourth-order valence-corrected chi connectivity index (χ4v) is 7.88. The molecule has 12 heteroatoms. The molecule has 0 heterocycles. The number of ether oxygens (including phenoxy) is 1. The molecule has 4 aromatic rings. The summed E-state index contributed by atoms with van der Waals surface area (Å²) in [4.78, 5) is 64.3. The monoisotopic (exact) mass is 806 g/mol. The lowest BCUT2D eigenvalue weighted by Crippen LogP contribution is -2.58. The van der Waals surface area contributed by atoms with E-state index in [-0.39, 0.29) is 25.3 Å². The van der Waals surface area contributed by atoms with Crippen LogP contribution in [0, 0.1) is 5.92 Å². The molecule has 0 aliphatic rings. The van der Waals surface area contributed by atoms with Crippen LogP contribution in [0.1, 0.15) is 55.9 Å². The summed E-state index contributed by atoms with van der Waals surface area (Å²) < 4.78 is 4.11. The lowest BCUT2D eigenvalue weighted by atomic mass is 9.84. The van der Waals surface area contributed by atoms with Crippen molar-refractivity contribution in [2.24, 2.45) is 5.92 Å². The molecule has 0 aromatic heterocycles. The first-order valence-corrected chi connectivity index (χ1v) is 20.4. The molecule has 58 heavy (non-hydrogen) atoms. The number of aliphatic hydroxyl groups excluding tert-OH is 1. The number of allylic oxidation sites excluding steroid dienone is 1. The summed E-state index contributed by atoms with van der Waals surface area (Å²) in [5.74, 6) is -2.63. The van der Waals surface area contributed by atoms with Gasteiger partial charge in [-0.3, -0.25) is 24.0 Å². The molecule has 0 saturated carbocycles. The fourth-order valence-electron chi connectivity index (χ4n) is 6.41. The molecule has 11 nitrogen and oxygen atoms in total. The number of nitrogens with one attached hydrogen (secondary N) is 4. The van der Waals surface area contributed by atoms with Crippen molar-refractivity contribution in [1.29, 1.82) is 0 Å². The summed E-state index contributed by atoms with van der Waals surface area (Å²) >= 11 is 1.80. The smallest absolute Gasteiger partial charge is 0.325 e. The van der Waals surface area contributed by atoms with Crippen LogP contribution in [0.4, 0.5) is 0 Å². The van der Waals surface area contributed by atoms with E-state index in [1.165, 1.54) is 14.0 Å². The number of rotatable bonds is 21. The molecule has 0 bridgehead atoms. The number of methoxy groups -OCH3 is 1. The maximum atomic E-state index is 13.6. The van der Waals surface area contributed by atoms with Gasteiger partial charge in [0.25, 0.3) is 0 Å². The minimum absolute atomic E-state index is 0.110. The lowest BCUT2D eigenvalue weighted by molar-refractivity contribution is -0.141. The van der Waals surface area contributed by atoms with E-state index in [1.54, 1.807) is 56.0 Å². The van der Waals surface area contributed by atoms with E-state index in [2.05, 4.69) is 62.4 Å². The zero-order chi connectivity index (χ0) is 41.9. The molecule has 0 aliphatic carbocycles. The standard InChI is InChI=1S/C46H54N4O7S/c1-32(2)42(45(56)47-31-41(53)57-4)50-44(55)39(29-34-19-9-5-10-20-34)49-43(54)33(3)48-40(52)30-38(51)27-17-18-28-58-46(35-21-11-6-12-22-35,36-23-13-7-14-24-36)37-25-15-8-16-26-37/h5-17,19-27,32-33,38-39,42,51H,18,28-31H2,1-4H3,(H,47,56)(H,48,52)(H,49,54)(H,50,55). The van der Waals surface area contributed by atoms with Crippen molar-refractivity contribution in [3.8, 4) is 0 Å². The van der Waals surface area contributed by atoms with Crippen molar-refractivity contribution in [2.45, 2.75) is 69.0 Å². The van der Waals surface area contributed by atoms with E-state index in [1.807, 2.05) is 66.7 Å². The molecule has 4 rings (SSSR count). The van der Waals surface area contributed by atoms with Crippen LogP contribution < -0.4 is 21.3 Å². The first kappa shape index (κ1) is 45.0. The molecule has 0 saturated heterocycles. The Balaban J connectivity index is 1.35. The molecule has 0 spiro atoms. The molecule has 4 amide bonds. The first-order valence-electron chi connectivity index (χ1n) is 19.4. The average molecular weight is 807 g/mol. The predicted octanol–water partition coefficient (Wildman–Crippen LogP) is 5.07. The maximum absolute atomic E-state index is 13.6. The first-order chi connectivity index (χ1) is 27.9. The normalized spacial score (nSPS) is 13.5. The van der Waals surface area contributed by atoms with Crippen LogP contribution in [0.15, 0.2) is 133 Å². The Hall–Kier alpha value is -5.72. The van der Waals surface area contributed by atoms with Gasteiger partial charge >= 0.3 is 5.97 Å². The highest BCUT2D eigenvalue weighted by atomic mass is 32.2. The third-order valence-electron chi connectivity index (χ3n) is 9.46. The topological polar surface area (TPSA) is 163 Å². The molecule has 0 aliphatic heterocycles. The van der Waals surface area contributed by atoms with E-state index in [0.29, 0.717) is 6.42 Å². The summed E-state index contributed by atoms with van der Waals surface area (Å²) in [7, 11) is 1.20. The fraction of sp³-hybridized carbons (Fsp3) is 0.326. The van der Waals surface area contributed by atoms with Crippen LogP contribution in [0.5, 0.6) is 0 Å². The highest BCUT2D eigenvalue weighted by Crippen LogP contribution is 2.48. The number of esters is 1. The third kappa shape index (κ3) is 13.2. The molecule has 5 N–H and O–H groups in total. The second-order valence-corrected chi connectivity index (χ2v) is 15.5. The molecular weight excluding hydrogens is 753 g/mol. The summed E-state index contributed by atoms with van der Waals surface area (Å²) in [6.07, 6.45) is 2.84. The van der Waals surface area contributed by atoms with E-state index >= 15 is 0 Å². The van der Waals surface area contributed by atoms with Crippen molar-refractivity contribution in [2.75, 3.05) is 19.4 Å². The summed E-state index contributed by atoms with van der Waals surface area (Å²) in [6.45, 7) is 4.60. The minimum Gasteiger partial charge on any atom is -0.468 e. The largest absolute Gasteiger partial charge is 0.468 e.